The summed E-state index contributed by atoms with van der Waals surface area (Å²) in [5.41, 5.74) is 0.863. The van der Waals surface area contributed by atoms with Crippen LogP contribution < -0.4 is 9.47 Å². The molecule has 0 aliphatic carbocycles. The monoisotopic (exact) mass is 307 g/mol. The van der Waals surface area contributed by atoms with Crippen LogP contribution in [0.4, 0.5) is 0 Å². The molecule has 1 aliphatic rings. The molecule has 0 saturated carbocycles. The first kappa shape index (κ1) is 16.6. The molecular formula is C17H25NO4. The molecule has 5 heteroatoms. The molecule has 0 spiro atoms. The van der Waals surface area contributed by atoms with Crippen molar-refractivity contribution in [3.05, 3.63) is 23.8 Å². The number of rotatable bonds is 6. The van der Waals surface area contributed by atoms with Gasteiger partial charge in [-0.25, -0.2) is 0 Å². The van der Waals surface area contributed by atoms with Crippen molar-refractivity contribution in [2.75, 3.05) is 27.4 Å². The fourth-order valence-electron chi connectivity index (χ4n) is 3.04. The number of hydrogen-bond acceptors (Lipinski definition) is 4. The van der Waals surface area contributed by atoms with Gasteiger partial charge in [-0.2, -0.15) is 0 Å². The Morgan fingerprint density at radius 2 is 2.14 bits per heavy atom. The number of carbonyl (C=O) groups excluding carboxylic acids is 1. The fourth-order valence-corrected chi connectivity index (χ4v) is 3.04. The van der Waals surface area contributed by atoms with E-state index in [1.807, 2.05) is 17.0 Å². The third kappa shape index (κ3) is 3.91. The van der Waals surface area contributed by atoms with Gasteiger partial charge in [0.1, 0.15) is 11.5 Å². The van der Waals surface area contributed by atoms with E-state index in [1.54, 1.807) is 20.3 Å². The second-order valence-electron chi connectivity index (χ2n) is 5.60. The van der Waals surface area contributed by atoms with E-state index >= 15 is 0 Å². The Kier molecular flexibility index (Phi) is 6.07. The number of ether oxygens (including phenoxy) is 2. The molecule has 1 aromatic rings. The number of hydrogen-bond donors (Lipinski definition) is 1. The number of carbonyl (C=O) groups is 1. The number of likely N-dealkylation sites (tertiary alicyclic amines) is 1. The molecule has 122 valence electrons. The maximum absolute atomic E-state index is 12.6. The fraction of sp³-hybridized carbons (Fsp3) is 0.588. The van der Waals surface area contributed by atoms with Crippen LogP contribution in [0.2, 0.25) is 0 Å². The van der Waals surface area contributed by atoms with Crippen LogP contribution in [0.5, 0.6) is 11.5 Å². The summed E-state index contributed by atoms with van der Waals surface area (Å²) in [7, 11) is 3.20. The minimum Gasteiger partial charge on any atom is -0.497 e. The van der Waals surface area contributed by atoms with Gasteiger partial charge in [0.15, 0.2) is 0 Å². The summed E-state index contributed by atoms with van der Waals surface area (Å²) >= 11 is 0. The molecule has 1 N–H and O–H groups in total. The van der Waals surface area contributed by atoms with Gasteiger partial charge >= 0.3 is 0 Å². The van der Waals surface area contributed by atoms with Crippen LogP contribution in [0.25, 0.3) is 0 Å². The molecule has 5 nitrogen and oxygen atoms in total. The van der Waals surface area contributed by atoms with E-state index in [0.717, 1.165) is 31.4 Å². The molecule has 1 fully saturated rings. The van der Waals surface area contributed by atoms with Crippen LogP contribution in [0.3, 0.4) is 0 Å². The van der Waals surface area contributed by atoms with Crippen molar-refractivity contribution in [1.29, 1.82) is 0 Å². The average Bonchev–Trinajstić information content (AvgIpc) is 2.56. The topological polar surface area (TPSA) is 59.0 Å². The third-order valence-corrected chi connectivity index (χ3v) is 4.25. The second kappa shape index (κ2) is 8.03. The molecule has 1 heterocycles. The maximum Gasteiger partial charge on any atom is 0.227 e. The zero-order valence-corrected chi connectivity index (χ0v) is 13.4. The van der Waals surface area contributed by atoms with Gasteiger partial charge < -0.3 is 19.5 Å². The minimum atomic E-state index is 0.0987. The predicted octanol–water partition coefficient (Wildman–Crippen LogP) is 2.01. The van der Waals surface area contributed by atoms with Crippen molar-refractivity contribution in [3.8, 4) is 11.5 Å². The minimum absolute atomic E-state index is 0.0987. The van der Waals surface area contributed by atoms with Gasteiger partial charge in [-0.15, -0.1) is 0 Å². The highest BCUT2D eigenvalue weighted by Gasteiger charge is 2.26. The van der Waals surface area contributed by atoms with Gasteiger partial charge in [0.2, 0.25) is 5.91 Å². The molecule has 1 amide bonds. The van der Waals surface area contributed by atoms with E-state index in [9.17, 15) is 9.90 Å². The maximum atomic E-state index is 12.6. The van der Waals surface area contributed by atoms with E-state index < -0.39 is 0 Å². The van der Waals surface area contributed by atoms with Crippen LogP contribution in [0, 0.1) is 0 Å². The number of piperidine rings is 1. The number of methoxy groups -OCH3 is 2. The van der Waals surface area contributed by atoms with Crippen LogP contribution in [0.1, 0.15) is 31.2 Å². The molecule has 1 saturated heterocycles. The summed E-state index contributed by atoms with van der Waals surface area (Å²) in [5.74, 6) is 1.48. The highest BCUT2D eigenvalue weighted by atomic mass is 16.5. The lowest BCUT2D eigenvalue weighted by molar-refractivity contribution is -0.134. The molecule has 1 aliphatic heterocycles. The van der Waals surface area contributed by atoms with E-state index in [0.29, 0.717) is 24.3 Å². The van der Waals surface area contributed by atoms with Crippen LogP contribution >= 0.6 is 0 Å². The number of nitrogens with zero attached hydrogens (tertiary/aromatic N) is 1. The summed E-state index contributed by atoms with van der Waals surface area (Å²) < 4.78 is 10.5. The summed E-state index contributed by atoms with van der Waals surface area (Å²) in [6.45, 7) is 0.905. The first-order valence-corrected chi connectivity index (χ1v) is 7.80. The normalized spacial score (nSPS) is 18.1. The molecule has 22 heavy (non-hydrogen) atoms. The Bertz CT molecular complexity index is 501. The smallest absolute Gasteiger partial charge is 0.227 e. The molecular weight excluding hydrogens is 282 g/mol. The van der Waals surface area contributed by atoms with Crippen molar-refractivity contribution >= 4 is 5.91 Å². The Morgan fingerprint density at radius 3 is 2.82 bits per heavy atom. The second-order valence-corrected chi connectivity index (χ2v) is 5.60. The Morgan fingerprint density at radius 1 is 1.32 bits per heavy atom. The van der Waals surface area contributed by atoms with E-state index in [2.05, 4.69) is 0 Å². The molecule has 2 rings (SSSR count). The summed E-state index contributed by atoms with van der Waals surface area (Å²) in [6.07, 6.45) is 4.11. The van der Waals surface area contributed by atoms with Gasteiger partial charge in [-0.05, 0) is 31.7 Å². The molecule has 1 unspecified atom stereocenters. The highest BCUT2D eigenvalue weighted by Crippen LogP contribution is 2.27. The Hall–Kier alpha value is -1.75. The number of aliphatic hydroxyl groups excluding tert-OH is 1. The largest absolute Gasteiger partial charge is 0.497 e. The van der Waals surface area contributed by atoms with Crippen LogP contribution in [0.15, 0.2) is 18.2 Å². The summed E-state index contributed by atoms with van der Waals surface area (Å²) in [6, 6.07) is 5.67. The van der Waals surface area contributed by atoms with Gasteiger partial charge in [-0.1, -0.05) is 6.07 Å². The summed E-state index contributed by atoms with van der Waals surface area (Å²) in [4.78, 5) is 14.6. The number of aliphatic hydroxyl groups is 1. The third-order valence-electron chi connectivity index (χ3n) is 4.25. The van der Waals surface area contributed by atoms with Crippen molar-refractivity contribution in [2.45, 2.75) is 38.1 Å². The van der Waals surface area contributed by atoms with Crippen LogP contribution in [-0.2, 0) is 11.2 Å². The van der Waals surface area contributed by atoms with Crippen molar-refractivity contribution in [1.82, 2.24) is 4.90 Å². The molecule has 1 atom stereocenters. The van der Waals surface area contributed by atoms with Gasteiger partial charge in [0, 0.05) is 30.8 Å². The van der Waals surface area contributed by atoms with Gasteiger partial charge in [0.05, 0.1) is 20.6 Å². The number of benzene rings is 1. The predicted molar refractivity (Wildman–Crippen MR) is 84.3 cm³/mol. The molecule has 1 aromatic carbocycles. The lowest BCUT2D eigenvalue weighted by atomic mass is 9.98. The molecule has 0 aromatic heterocycles. The van der Waals surface area contributed by atoms with Crippen LogP contribution in [-0.4, -0.2) is 49.3 Å². The zero-order chi connectivity index (χ0) is 15.9. The lowest BCUT2D eigenvalue weighted by Gasteiger charge is -2.35. The van der Waals surface area contributed by atoms with E-state index in [1.165, 1.54) is 0 Å². The number of amides is 1. The quantitative estimate of drug-likeness (QED) is 0.873. The molecule has 0 bridgehead atoms. The first-order chi connectivity index (χ1) is 10.7. The Balaban J connectivity index is 2.10. The zero-order valence-electron chi connectivity index (χ0n) is 13.4. The SMILES string of the molecule is COc1ccc(CC(=O)N2CCCCC2CCO)c(OC)c1. The first-order valence-electron chi connectivity index (χ1n) is 7.80. The van der Waals surface area contributed by atoms with E-state index in [4.69, 9.17) is 9.47 Å². The van der Waals surface area contributed by atoms with Gasteiger partial charge in [-0.3, -0.25) is 4.79 Å². The van der Waals surface area contributed by atoms with Gasteiger partial charge in [0.25, 0.3) is 0 Å². The lowest BCUT2D eigenvalue weighted by Crippen LogP contribution is -2.44. The van der Waals surface area contributed by atoms with Crippen molar-refractivity contribution in [2.24, 2.45) is 0 Å². The Labute approximate surface area is 131 Å². The molecule has 0 radical (unpaired) electrons. The van der Waals surface area contributed by atoms with E-state index in [-0.39, 0.29) is 18.6 Å². The standard InChI is InChI=1S/C17H25NO4/c1-21-15-7-6-13(16(12-15)22-2)11-17(20)18-9-4-3-5-14(18)8-10-19/h6-7,12,14,19H,3-5,8-11H2,1-2H3. The van der Waals surface area contributed by atoms with Crippen molar-refractivity contribution < 1.29 is 19.4 Å². The average molecular weight is 307 g/mol. The van der Waals surface area contributed by atoms with Crippen molar-refractivity contribution in [3.63, 3.8) is 0 Å². The summed E-state index contributed by atoms with van der Waals surface area (Å²) in [5, 5.41) is 9.18. The highest BCUT2D eigenvalue weighted by molar-refractivity contribution is 5.80.